The van der Waals surface area contributed by atoms with Crippen molar-refractivity contribution in [3.8, 4) is 0 Å². The fourth-order valence-corrected chi connectivity index (χ4v) is 0.592. The van der Waals surface area contributed by atoms with Gasteiger partial charge in [-0.05, 0) is 12.5 Å². The van der Waals surface area contributed by atoms with E-state index in [-0.39, 0.29) is 0 Å². The third-order valence-corrected chi connectivity index (χ3v) is 1.06. The number of nitrogens with zero attached hydrogens (tertiary/aromatic N) is 2. The quantitative estimate of drug-likeness (QED) is 0.527. The van der Waals surface area contributed by atoms with Gasteiger partial charge in [-0.3, -0.25) is 4.68 Å². The summed E-state index contributed by atoms with van der Waals surface area (Å²) in [6.07, 6.45) is 2.83. The largest absolute Gasteiger partial charge is 0.271 e. The summed E-state index contributed by atoms with van der Waals surface area (Å²) in [6, 6.07) is 1.97. The third-order valence-electron chi connectivity index (χ3n) is 1.06. The Balaban J connectivity index is 2.84. The Hall–Kier alpha value is -0.790. The number of aryl methyl sites for hydroxylation is 1. The maximum absolute atomic E-state index is 4.03. The molecule has 1 radical (unpaired) electrons. The first kappa shape index (κ1) is 5.35. The van der Waals surface area contributed by atoms with Crippen LogP contribution >= 0.6 is 0 Å². The molecular weight excluding hydrogens is 100 g/mol. The smallest absolute Gasteiger partial charge is 0.0621 e. The summed E-state index contributed by atoms with van der Waals surface area (Å²) in [5.74, 6) is 0. The van der Waals surface area contributed by atoms with Gasteiger partial charge in [-0.15, -0.1) is 0 Å². The van der Waals surface area contributed by atoms with Crippen molar-refractivity contribution in [2.75, 3.05) is 0 Å². The van der Waals surface area contributed by atoms with Crippen LogP contribution in [0.1, 0.15) is 12.6 Å². The summed E-state index contributed by atoms with van der Waals surface area (Å²) in [6.45, 7) is 2.07. The Morgan fingerprint density at radius 2 is 2.62 bits per heavy atom. The first-order valence-corrected chi connectivity index (χ1v) is 2.68. The average molecular weight is 109 g/mol. The molecule has 43 valence electrons. The van der Waals surface area contributed by atoms with Crippen LogP contribution in [0.2, 0.25) is 0 Å². The predicted molar refractivity (Wildman–Crippen MR) is 32.4 cm³/mol. The lowest BCUT2D eigenvalue weighted by atomic mass is 10.4. The summed E-state index contributed by atoms with van der Waals surface area (Å²) < 4.78 is 1.57. The van der Waals surface area contributed by atoms with E-state index < -0.39 is 0 Å². The molecule has 0 aromatic carbocycles. The van der Waals surface area contributed by atoms with Crippen molar-refractivity contribution in [3.63, 3.8) is 0 Å². The molecular formula is C6H9N2. The van der Waals surface area contributed by atoms with Crippen LogP contribution in [0.15, 0.2) is 12.3 Å². The van der Waals surface area contributed by atoms with Gasteiger partial charge in [0.1, 0.15) is 0 Å². The first-order valence-electron chi connectivity index (χ1n) is 2.68. The van der Waals surface area contributed by atoms with Crippen LogP contribution in [0.25, 0.3) is 0 Å². The van der Waals surface area contributed by atoms with Crippen LogP contribution in [0.5, 0.6) is 0 Å². The second-order valence-corrected chi connectivity index (χ2v) is 1.70. The highest BCUT2D eigenvalue weighted by Crippen LogP contribution is 1.92. The fraction of sp³-hybridized carbons (Fsp3) is 0.333. The molecule has 1 aromatic heterocycles. The van der Waals surface area contributed by atoms with Crippen LogP contribution in [-0.2, 0) is 6.42 Å². The average Bonchev–Trinajstić information content (AvgIpc) is 2.14. The van der Waals surface area contributed by atoms with E-state index in [1.165, 1.54) is 0 Å². The summed E-state index contributed by atoms with van der Waals surface area (Å²) in [7, 11) is 3.59. The summed E-state index contributed by atoms with van der Waals surface area (Å²) >= 11 is 0. The molecule has 1 aromatic rings. The van der Waals surface area contributed by atoms with E-state index in [9.17, 15) is 0 Å². The minimum Gasteiger partial charge on any atom is -0.271 e. The van der Waals surface area contributed by atoms with Crippen molar-refractivity contribution < 1.29 is 0 Å². The molecule has 2 nitrogen and oxygen atoms in total. The van der Waals surface area contributed by atoms with Crippen molar-refractivity contribution >= 4 is 0 Å². The standard InChI is InChI=1S/C6H9N2/c1-3-6-4-5-8(2)7-6/h4-5H,2-3H2,1H3. The molecule has 0 amide bonds. The van der Waals surface area contributed by atoms with Crippen LogP contribution < -0.4 is 0 Å². The van der Waals surface area contributed by atoms with Crippen LogP contribution in [-0.4, -0.2) is 9.78 Å². The van der Waals surface area contributed by atoms with Crippen LogP contribution in [0.4, 0.5) is 0 Å². The van der Waals surface area contributed by atoms with E-state index in [0.717, 1.165) is 12.1 Å². The van der Waals surface area contributed by atoms with Gasteiger partial charge < -0.3 is 0 Å². The molecule has 2 heteroatoms. The van der Waals surface area contributed by atoms with E-state index in [4.69, 9.17) is 0 Å². The summed E-state index contributed by atoms with van der Waals surface area (Å²) in [4.78, 5) is 0. The van der Waals surface area contributed by atoms with Gasteiger partial charge in [-0.1, -0.05) is 6.92 Å². The second kappa shape index (κ2) is 1.99. The highest BCUT2D eigenvalue weighted by atomic mass is 15.2. The van der Waals surface area contributed by atoms with Gasteiger partial charge in [0.05, 0.1) is 12.7 Å². The van der Waals surface area contributed by atoms with Gasteiger partial charge in [-0.2, -0.15) is 5.10 Å². The Kier molecular flexibility index (Phi) is 1.33. The molecule has 0 aliphatic heterocycles. The Bertz CT molecular complexity index is 167. The van der Waals surface area contributed by atoms with Gasteiger partial charge in [0.15, 0.2) is 0 Å². The van der Waals surface area contributed by atoms with Gasteiger partial charge in [0, 0.05) is 6.20 Å². The van der Waals surface area contributed by atoms with Crippen molar-refractivity contribution in [1.29, 1.82) is 0 Å². The van der Waals surface area contributed by atoms with Crippen LogP contribution in [0, 0.1) is 7.05 Å². The van der Waals surface area contributed by atoms with E-state index in [1.807, 2.05) is 12.3 Å². The topological polar surface area (TPSA) is 17.8 Å². The number of hydrogen-bond donors (Lipinski definition) is 0. The monoisotopic (exact) mass is 109 g/mol. The molecule has 0 aliphatic rings. The van der Waals surface area contributed by atoms with Crippen molar-refractivity contribution in [1.82, 2.24) is 9.78 Å². The second-order valence-electron chi connectivity index (χ2n) is 1.70. The lowest BCUT2D eigenvalue weighted by Gasteiger charge is -1.83. The number of rotatable bonds is 1. The zero-order chi connectivity index (χ0) is 5.98. The Morgan fingerprint density at radius 3 is 2.88 bits per heavy atom. The molecule has 1 heterocycles. The predicted octanol–water partition coefficient (Wildman–Crippen LogP) is 1.09. The zero-order valence-corrected chi connectivity index (χ0v) is 4.96. The Labute approximate surface area is 49.1 Å². The van der Waals surface area contributed by atoms with Gasteiger partial charge in [0.25, 0.3) is 0 Å². The molecule has 0 saturated carbocycles. The van der Waals surface area contributed by atoms with Gasteiger partial charge in [-0.25, -0.2) is 0 Å². The molecule has 0 atom stereocenters. The van der Waals surface area contributed by atoms with E-state index in [1.54, 1.807) is 4.68 Å². The normalized spacial score (nSPS) is 9.75. The minimum atomic E-state index is 0.989. The highest BCUT2D eigenvalue weighted by molar-refractivity contribution is 4.98. The highest BCUT2D eigenvalue weighted by Gasteiger charge is 1.88. The lowest BCUT2D eigenvalue weighted by molar-refractivity contribution is 0.838. The van der Waals surface area contributed by atoms with E-state index in [0.29, 0.717) is 0 Å². The third kappa shape index (κ3) is 0.886. The summed E-state index contributed by atoms with van der Waals surface area (Å²) in [5.41, 5.74) is 1.10. The van der Waals surface area contributed by atoms with Crippen molar-refractivity contribution in [2.45, 2.75) is 13.3 Å². The fourth-order valence-electron chi connectivity index (χ4n) is 0.592. The maximum Gasteiger partial charge on any atom is 0.0621 e. The lowest BCUT2D eigenvalue weighted by Crippen LogP contribution is -1.86. The van der Waals surface area contributed by atoms with Gasteiger partial charge >= 0.3 is 0 Å². The molecule has 0 unspecified atom stereocenters. The minimum absolute atomic E-state index is 0.989. The van der Waals surface area contributed by atoms with E-state index in [2.05, 4.69) is 19.1 Å². The molecule has 1 rings (SSSR count). The molecule has 0 bridgehead atoms. The SMILES string of the molecule is [CH2]n1ccc(CC)n1. The van der Waals surface area contributed by atoms with Crippen LogP contribution in [0.3, 0.4) is 0 Å². The first-order chi connectivity index (χ1) is 3.83. The summed E-state index contributed by atoms with van der Waals surface area (Å²) in [5, 5.41) is 4.03. The molecule has 0 fully saturated rings. The molecule has 0 saturated heterocycles. The Morgan fingerprint density at radius 1 is 1.88 bits per heavy atom. The molecule has 0 aliphatic carbocycles. The molecule has 8 heavy (non-hydrogen) atoms. The number of aromatic nitrogens is 2. The maximum atomic E-state index is 4.03. The molecule has 0 spiro atoms. The van der Waals surface area contributed by atoms with Crippen molar-refractivity contribution in [2.24, 2.45) is 0 Å². The van der Waals surface area contributed by atoms with E-state index >= 15 is 0 Å². The van der Waals surface area contributed by atoms with Gasteiger partial charge in [0.2, 0.25) is 0 Å². The molecule has 0 N–H and O–H groups in total. The zero-order valence-electron chi connectivity index (χ0n) is 4.96. The number of hydrogen-bond acceptors (Lipinski definition) is 1. The van der Waals surface area contributed by atoms with Crippen molar-refractivity contribution in [3.05, 3.63) is 25.0 Å².